The molecule has 2 aromatic rings. The van der Waals surface area contributed by atoms with E-state index in [4.69, 9.17) is 5.84 Å². The van der Waals surface area contributed by atoms with Crippen molar-refractivity contribution in [2.45, 2.75) is 42.2 Å². The molecule has 2 aromatic heterocycles. The van der Waals surface area contributed by atoms with E-state index in [9.17, 15) is 5.11 Å². The molecule has 0 radical (unpaired) electrons. The molecule has 6 nitrogen and oxygen atoms in total. The van der Waals surface area contributed by atoms with Gasteiger partial charge in [0.1, 0.15) is 5.69 Å². The minimum atomic E-state index is -0.288. The van der Waals surface area contributed by atoms with Gasteiger partial charge in [-0.05, 0) is 25.0 Å². The Morgan fingerprint density at radius 3 is 2.85 bits per heavy atom. The van der Waals surface area contributed by atoms with E-state index in [0.717, 1.165) is 25.7 Å². The van der Waals surface area contributed by atoms with E-state index >= 15 is 0 Å². The van der Waals surface area contributed by atoms with E-state index in [1.807, 2.05) is 18.2 Å². The van der Waals surface area contributed by atoms with Gasteiger partial charge in [-0.2, -0.15) is 0 Å². The first-order valence-electron chi connectivity index (χ1n) is 6.72. The normalized spacial score (nSPS) is 22.9. The van der Waals surface area contributed by atoms with Gasteiger partial charge < -0.3 is 10.9 Å². The van der Waals surface area contributed by atoms with Crippen LogP contribution in [0.2, 0.25) is 0 Å². The lowest BCUT2D eigenvalue weighted by molar-refractivity contribution is 0.137. The monoisotopic (exact) mass is 291 g/mol. The zero-order valence-corrected chi connectivity index (χ0v) is 11.8. The second kappa shape index (κ2) is 5.80. The molecule has 2 atom stereocenters. The zero-order valence-electron chi connectivity index (χ0n) is 11.0. The van der Waals surface area contributed by atoms with E-state index in [-0.39, 0.29) is 11.4 Å². The van der Waals surface area contributed by atoms with E-state index in [1.54, 1.807) is 6.20 Å². The summed E-state index contributed by atoms with van der Waals surface area (Å²) in [5, 5.41) is 19.0. The first kappa shape index (κ1) is 13.4. The maximum atomic E-state index is 10.0. The Labute approximate surface area is 121 Å². The van der Waals surface area contributed by atoms with Crippen LogP contribution in [0, 0.1) is 0 Å². The lowest BCUT2D eigenvalue weighted by Gasteiger charge is -2.26. The molecule has 1 aliphatic rings. The molecule has 1 fully saturated rings. The summed E-state index contributed by atoms with van der Waals surface area (Å²) in [6.07, 6.45) is 5.47. The number of nitrogens with two attached hydrogens (primary N) is 1. The number of aromatic nitrogens is 4. The van der Waals surface area contributed by atoms with Crippen molar-refractivity contribution in [3.05, 3.63) is 24.4 Å². The summed E-state index contributed by atoms with van der Waals surface area (Å²) in [6.45, 7) is 0. The van der Waals surface area contributed by atoms with Gasteiger partial charge in [-0.25, -0.2) is 4.68 Å². The Balaban J connectivity index is 1.80. The summed E-state index contributed by atoms with van der Waals surface area (Å²) in [4.78, 5) is 4.22. The third-order valence-corrected chi connectivity index (χ3v) is 4.82. The van der Waals surface area contributed by atoms with Gasteiger partial charge in [0, 0.05) is 11.4 Å². The van der Waals surface area contributed by atoms with Gasteiger partial charge in [-0.15, -0.1) is 10.2 Å². The van der Waals surface area contributed by atoms with Gasteiger partial charge in [-0.3, -0.25) is 4.98 Å². The molecule has 3 rings (SSSR count). The number of aliphatic hydroxyl groups excluding tert-OH is 1. The number of nitrogen functional groups attached to an aromatic ring is 1. The van der Waals surface area contributed by atoms with E-state index in [2.05, 4.69) is 15.2 Å². The van der Waals surface area contributed by atoms with Crippen LogP contribution in [0.15, 0.2) is 29.6 Å². The van der Waals surface area contributed by atoms with Crippen LogP contribution in [0.25, 0.3) is 11.5 Å². The molecular formula is C13H17N5OS. The van der Waals surface area contributed by atoms with Gasteiger partial charge in [0.2, 0.25) is 11.0 Å². The highest BCUT2D eigenvalue weighted by Crippen LogP contribution is 2.33. The molecule has 0 bridgehead atoms. The Hall–Kier alpha value is -1.60. The second-order valence-electron chi connectivity index (χ2n) is 4.90. The topological polar surface area (TPSA) is 89.8 Å². The number of rotatable bonds is 3. The number of hydrogen-bond acceptors (Lipinski definition) is 6. The lowest BCUT2D eigenvalue weighted by Crippen LogP contribution is -2.27. The highest BCUT2D eigenvalue weighted by atomic mass is 32.2. The van der Waals surface area contributed by atoms with Crippen molar-refractivity contribution >= 4 is 11.8 Å². The molecule has 1 aliphatic carbocycles. The van der Waals surface area contributed by atoms with E-state index in [0.29, 0.717) is 16.7 Å². The van der Waals surface area contributed by atoms with Crippen LogP contribution in [0.1, 0.15) is 25.7 Å². The van der Waals surface area contributed by atoms with Crippen molar-refractivity contribution < 1.29 is 5.11 Å². The smallest absolute Gasteiger partial charge is 0.210 e. The molecule has 0 saturated heterocycles. The second-order valence-corrected chi connectivity index (χ2v) is 6.11. The molecule has 106 valence electrons. The van der Waals surface area contributed by atoms with Gasteiger partial charge in [0.15, 0.2) is 0 Å². The fraction of sp³-hybridized carbons (Fsp3) is 0.462. The van der Waals surface area contributed by atoms with Crippen LogP contribution in [0.5, 0.6) is 0 Å². The molecule has 2 unspecified atom stereocenters. The first-order valence-corrected chi connectivity index (χ1v) is 7.60. The van der Waals surface area contributed by atoms with Crippen molar-refractivity contribution in [3.63, 3.8) is 0 Å². The fourth-order valence-electron chi connectivity index (χ4n) is 2.38. The standard InChI is InChI=1S/C13H17N5OS/c14-18-12(9-5-3-4-8-15-9)16-17-13(18)20-11-7-2-1-6-10(11)19/h3-5,8,10-11,19H,1-2,6-7,14H2. The number of pyridine rings is 1. The molecule has 20 heavy (non-hydrogen) atoms. The third-order valence-electron chi connectivity index (χ3n) is 3.48. The fourth-order valence-corrected chi connectivity index (χ4v) is 3.51. The summed E-state index contributed by atoms with van der Waals surface area (Å²) in [7, 11) is 0. The predicted octanol–water partition coefficient (Wildman–Crippen LogP) is 1.45. The first-order chi connectivity index (χ1) is 9.75. The Morgan fingerprint density at radius 2 is 2.10 bits per heavy atom. The van der Waals surface area contributed by atoms with Crippen molar-refractivity contribution in [2.75, 3.05) is 5.84 Å². The molecule has 3 N–H and O–H groups in total. The molecule has 7 heteroatoms. The summed E-state index contributed by atoms with van der Waals surface area (Å²) in [5.74, 6) is 6.59. The molecular weight excluding hydrogens is 274 g/mol. The summed E-state index contributed by atoms with van der Waals surface area (Å²) >= 11 is 1.50. The van der Waals surface area contributed by atoms with Crippen LogP contribution >= 0.6 is 11.8 Å². The molecule has 0 amide bonds. The highest BCUT2D eigenvalue weighted by molar-refractivity contribution is 7.99. The SMILES string of the molecule is Nn1c(SC2CCCCC2O)nnc1-c1ccccn1. The summed E-state index contributed by atoms with van der Waals surface area (Å²) < 4.78 is 1.45. The summed E-state index contributed by atoms with van der Waals surface area (Å²) in [6, 6.07) is 5.57. The maximum absolute atomic E-state index is 10.0. The number of nitrogens with zero attached hydrogens (tertiary/aromatic N) is 4. The lowest BCUT2D eigenvalue weighted by atomic mass is 9.97. The quantitative estimate of drug-likeness (QED) is 0.832. The minimum Gasteiger partial charge on any atom is -0.392 e. The average Bonchev–Trinajstić information content (AvgIpc) is 2.84. The molecule has 0 aromatic carbocycles. The maximum Gasteiger partial charge on any atom is 0.210 e. The molecule has 1 saturated carbocycles. The number of thioether (sulfide) groups is 1. The van der Waals surface area contributed by atoms with Crippen molar-refractivity contribution in [1.29, 1.82) is 0 Å². The largest absolute Gasteiger partial charge is 0.392 e. The van der Waals surface area contributed by atoms with Gasteiger partial charge in [0.25, 0.3) is 0 Å². The van der Waals surface area contributed by atoms with Crippen LogP contribution in [0.4, 0.5) is 0 Å². The van der Waals surface area contributed by atoms with Crippen molar-refractivity contribution in [1.82, 2.24) is 19.9 Å². The molecule has 2 heterocycles. The average molecular weight is 291 g/mol. The van der Waals surface area contributed by atoms with Crippen LogP contribution in [-0.4, -0.2) is 36.3 Å². The predicted molar refractivity (Wildman–Crippen MR) is 77.5 cm³/mol. The van der Waals surface area contributed by atoms with E-state index < -0.39 is 0 Å². The van der Waals surface area contributed by atoms with Crippen LogP contribution in [-0.2, 0) is 0 Å². The molecule has 0 spiro atoms. The minimum absolute atomic E-state index is 0.145. The zero-order chi connectivity index (χ0) is 13.9. The van der Waals surface area contributed by atoms with Gasteiger partial charge in [0.05, 0.1) is 6.10 Å². The highest BCUT2D eigenvalue weighted by Gasteiger charge is 2.26. The molecule has 0 aliphatic heterocycles. The third kappa shape index (κ3) is 2.64. The van der Waals surface area contributed by atoms with Crippen molar-refractivity contribution in [2.24, 2.45) is 0 Å². The van der Waals surface area contributed by atoms with Crippen molar-refractivity contribution in [3.8, 4) is 11.5 Å². The van der Waals surface area contributed by atoms with E-state index in [1.165, 1.54) is 16.4 Å². The number of hydrogen-bond donors (Lipinski definition) is 2. The van der Waals surface area contributed by atoms with Crippen LogP contribution in [0.3, 0.4) is 0 Å². The van der Waals surface area contributed by atoms with Gasteiger partial charge in [-0.1, -0.05) is 30.7 Å². The Bertz CT molecular complexity index is 573. The van der Waals surface area contributed by atoms with Crippen LogP contribution < -0.4 is 5.84 Å². The Kier molecular flexibility index (Phi) is 3.88. The summed E-state index contributed by atoms with van der Waals surface area (Å²) in [5.41, 5.74) is 0.693. The van der Waals surface area contributed by atoms with Gasteiger partial charge >= 0.3 is 0 Å². The Morgan fingerprint density at radius 1 is 1.25 bits per heavy atom. The number of aliphatic hydroxyl groups is 1.